The first kappa shape index (κ1) is 17.0. The number of halogens is 3. The fourth-order valence-corrected chi connectivity index (χ4v) is 4.34. The largest absolute Gasteiger partial charge is 0.385 e. The summed E-state index contributed by atoms with van der Waals surface area (Å²) in [7, 11) is 0. The minimum Gasteiger partial charge on any atom is -0.385 e. The van der Waals surface area contributed by atoms with Crippen LogP contribution >= 0.6 is 0 Å². The molecule has 136 valence electrons. The van der Waals surface area contributed by atoms with Crippen LogP contribution in [0.5, 0.6) is 0 Å². The monoisotopic (exact) mass is 362 g/mol. The van der Waals surface area contributed by atoms with E-state index in [0.29, 0.717) is 12.8 Å². The molecule has 1 aromatic carbocycles. The van der Waals surface area contributed by atoms with Gasteiger partial charge >= 0.3 is 0 Å². The lowest BCUT2D eigenvalue weighted by Crippen LogP contribution is -2.52. The maximum Gasteiger partial charge on any atom is 0.260 e. The zero-order chi connectivity index (χ0) is 18.5. The van der Waals surface area contributed by atoms with Gasteiger partial charge in [-0.05, 0) is 31.0 Å². The quantitative estimate of drug-likeness (QED) is 0.835. The van der Waals surface area contributed by atoms with Gasteiger partial charge < -0.3 is 10.0 Å². The van der Waals surface area contributed by atoms with E-state index in [1.807, 2.05) is 0 Å². The van der Waals surface area contributed by atoms with Gasteiger partial charge in [0.15, 0.2) is 0 Å². The predicted molar refractivity (Wildman–Crippen MR) is 86.7 cm³/mol. The molecular formula is C19H17F3N2O2. The van der Waals surface area contributed by atoms with Gasteiger partial charge in [-0.2, -0.15) is 4.39 Å². The summed E-state index contributed by atoms with van der Waals surface area (Å²) in [4.78, 5) is 17.8. The van der Waals surface area contributed by atoms with Crippen molar-refractivity contribution in [2.24, 2.45) is 0 Å². The number of piperidine rings is 1. The third-order valence-electron chi connectivity index (χ3n) is 5.44. The third-order valence-corrected chi connectivity index (χ3v) is 5.44. The number of amides is 1. The number of hydrogen-bond acceptors (Lipinski definition) is 3. The van der Waals surface area contributed by atoms with Crippen molar-refractivity contribution in [1.82, 2.24) is 9.88 Å². The second-order valence-corrected chi connectivity index (χ2v) is 6.98. The Kier molecular flexibility index (Phi) is 3.99. The average Bonchev–Trinajstić information content (AvgIpc) is 2.87. The van der Waals surface area contributed by atoms with Crippen molar-refractivity contribution < 1.29 is 23.1 Å². The number of hydrogen-bond donors (Lipinski definition) is 1. The zero-order valence-electron chi connectivity index (χ0n) is 13.8. The molecule has 2 bridgehead atoms. The molecule has 0 radical (unpaired) electrons. The molecule has 2 fully saturated rings. The van der Waals surface area contributed by atoms with Crippen molar-refractivity contribution in [3.8, 4) is 0 Å². The van der Waals surface area contributed by atoms with Crippen molar-refractivity contribution in [3.63, 3.8) is 0 Å². The molecule has 3 heterocycles. The minimum atomic E-state index is -1.45. The van der Waals surface area contributed by atoms with E-state index in [1.165, 1.54) is 23.2 Å². The standard InChI is InChI=1S/C19H17F3N2O2/c20-14-4-1-5-15(21)16(14)18(25)24-11-6-7-12(24)10-19(26,9-11)13-3-2-8-23-17(13)22/h1-5,8,11-12,26H,6-7,9-10H2/t11-,12+,19?. The Bertz CT molecular complexity index is 839. The smallest absolute Gasteiger partial charge is 0.260 e. The highest BCUT2D eigenvalue weighted by Gasteiger charge is 2.51. The molecule has 1 aromatic heterocycles. The molecule has 2 aromatic rings. The maximum absolute atomic E-state index is 14.1. The molecule has 2 saturated heterocycles. The Morgan fingerprint density at radius 3 is 2.27 bits per heavy atom. The lowest BCUT2D eigenvalue weighted by Gasteiger charge is -2.44. The molecule has 4 rings (SSSR count). The summed E-state index contributed by atoms with van der Waals surface area (Å²) >= 11 is 0. The van der Waals surface area contributed by atoms with Crippen LogP contribution in [0.1, 0.15) is 41.6 Å². The molecule has 2 aliphatic heterocycles. The molecule has 1 unspecified atom stereocenters. The third kappa shape index (κ3) is 2.58. The number of benzene rings is 1. The van der Waals surface area contributed by atoms with E-state index in [1.54, 1.807) is 6.07 Å². The average molecular weight is 362 g/mol. The molecule has 3 atom stereocenters. The molecule has 7 heteroatoms. The van der Waals surface area contributed by atoms with Crippen LogP contribution in [0.3, 0.4) is 0 Å². The normalized spacial score (nSPS) is 27.6. The first-order valence-electron chi connectivity index (χ1n) is 8.51. The minimum absolute atomic E-state index is 0.0982. The summed E-state index contributed by atoms with van der Waals surface area (Å²) in [6.07, 6.45) is 2.70. The first-order valence-corrected chi connectivity index (χ1v) is 8.51. The molecule has 1 N–H and O–H groups in total. The van der Waals surface area contributed by atoms with Gasteiger partial charge in [0.25, 0.3) is 5.91 Å². The summed E-state index contributed by atoms with van der Waals surface area (Å²) in [5, 5.41) is 11.0. The second-order valence-electron chi connectivity index (χ2n) is 6.98. The number of pyridine rings is 1. The number of fused-ring (bicyclic) bond motifs is 2. The summed E-state index contributed by atoms with van der Waals surface area (Å²) in [6.45, 7) is 0. The Balaban J connectivity index is 1.66. The maximum atomic E-state index is 14.1. The highest BCUT2D eigenvalue weighted by Crippen LogP contribution is 2.46. The molecular weight excluding hydrogens is 345 g/mol. The summed E-state index contributed by atoms with van der Waals surface area (Å²) < 4.78 is 42.1. The lowest BCUT2D eigenvalue weighted by atomic mass is 9.80. The van der Waals surface area contributed by atoms with E-state index in [9.17, 15) is 23.1 Å². The zero-order valence-corrected chi connectivity index (χ0v) is 13.8. The van der Waals surface area contributed by atoms with Crippen molar-refractivity contribution in [1.29, 1.82) is 0 Å². The fourth-order valence-electron chi connectivity index (χ4n) is 4.34. The summed E-state index contributed by atoms with van der Waals surface area (Å²) in [5.74, 6) is -3.28. The molecule has 1 amide bonds. The predicted octanol–water partition coefficient (Wildman–Crippen LogP) is 3.15. The van der Waals surface area contributed by atoms with Gasteiger partial charge in [-0.3, -0.25) is 4.79 Å². The molecule has 26 heavy (non-hydrogen) atoms. The van der Waals surface area contributed by atoms with Crippen molar-refractivity contribution in [2.45, 2.75) is 43.4 Å². The SMILES string of the molecule is O=C(c1c(F)cccc1F)N1[C@@H]2CC[C@H]1CC(O)(c1cccnc1F)C2. The van der Waals surface area contributed by atoms with Crippen molar-refractivity contribution >= 4 is 5.91 Å². The number of carbonyl (C=O) groups is 1. The molecule has 2 aliphatic rings. The Labute approximate surface area is 148 Å². The molecule has 4 nitrogen and oxygen atoms in total. The Morgan fingerprint density at radius 2 is 1.69 bits per heavy atom. The van der Waals surface area contributed by atoms with Crippen LogP contribution in [0.25, 0.3) is 0 Å². The van der Waals surface area contributed by atoms with Gasteiger partial charge in [0.2, 0.25) is 5.95 Å². The number of aromatic nitrogens is 1. The first-order chi connectivity index (χ1) is 12.4. The van der Waals surface area contributed by atoms with Crippen molar-refractivity contribution in [2.75, 3.05) is 0 Å². The van der Waals surface area contributed by atoms with Gasteiger partial charge in [0.1, 0.15) is 17.2 Å². The van der Waals surface area contributed by atoms with Crippen LogP contribution in [0, 0.1) is 17.6 Å². The number of aliphatic hydroxyl groups is 1. The van der Waals surface area contributed by atoms with Crippen LogP contribution in [0.15, 0.2) is 36.5 Å². The van der Waals surface area contributed by atoms with Gasteiger partial charge in [-0.1, -0.05) is 12.1 Å². The van der Waals surface area contributed by atoms with Crippen molar-refractivity contribution in [3.05, 3.63) is 65.2 Å². The number of rotatable bonds is 2. The number of nitrogens with zero attached hydrogens (tertiary/aromatic N) is 2. The van der Waals surface area contributed by atoms with Gasteiger partial charge in [0, 0.05) is 36.7 Å². The fraction of sp³-hybridized carbons (Fsp3) is 0.368. The van der Waals surface area contributed by atoms with Gasteiger partial charge in [0.05, 0.1) is 5.60 Å². The summed E-state index contributed by atoms with van der Waals surface area (Å²) in [6, 6.07) is 5.50. The van der Waals surface area contributed by atoms with Gasteiger partial charge in [-0.25, -0.2) is 13.8 Å². The van der Waals surface area contributed by atoms with E-state index in [2.05, 4.69) is 4.98 Å². The molecule has 0 spiro atoms. The van der Waals surface area contributed by atoms with Crippen LogP contribution in [0.2, 0.25) is 0 Å². The highest BCUT2D eigenvalue weighted by atomic mass is 19.1. The second kappa shape index (κ2) is 6.09. The highest BCUT2D eigenvalue weighted by molar-refractivity contribution is 5.95. The van der Waals surface area contributed by atoms with E-state index in [0.717, 1.165) is 12.1 Å². The summed E-state index contributed by atoms with van der Waals surface area (Å²) in [5.41, 5.74) is -1.93. The Morgan fingerprint density at radius 1 is 1.08 bits per heavy atom. The van der Waals surface area contributed by atoms with Crippen LogP contribution in [-0.4, -0.2) is 33.0 Å². The van der Waals surface area contributed by atoms with Crippen LogP contribution < -0.4 is 0 Å². The lowest BCUT2D eigenvalue weighted by molar-refractivity contribution is -0.0506. The van der Waals surface area contributed by atoms with E-state index >= 15 is 0 Å². The topological polar surface area (TPSA) is 53.4 Å². The van der Waals surface area contributed by atoms with E-state index in [-0.39, 0.29) is 18.4 Å². The van der Waals surface area contributed by atoms with E-state index in [4.69, 9.17) is 0 Å². The van der Waals surface area contributed by atoms with E-state index < -0.39 is 46.7 Å². The molecule has 0 saturated carbocycles. The molecule has 0 aliphatic carbocycles. The van der Waals surface area contributed by atoms with Crippen LogP contribution in [-0.2, 0) is 5.60 Å². The Hall–Kier alpha value is -2.41. The number of carbonyl (C=O) groups excluding carboxylic acids is 1. The van der Waals surface area contributed by atoms with Gasteiger partial charge in [-0.15, -0.1) is 0 Å². The van der Waals surface area contributed by atoms with Crippen LogP contribution in [0.4, 0.5) is 13.2 Å².